The van der Waals surface area contributed by atoms with Gasteiger partial charge < -0.3 is 10.1 Å². The molecule has 1 N–H and O–H groups in total. The summed E-state index contributed by atoms with van der Waals surface area (Å²) in [6.07, 6.45) is 9.86. The molecular weight excluding hydrogens is 516 g/mol. The van der Waals surface area contributed by atoms with Crippen LogP contribution < -0.4 is 10.1 Å². The topological polar surface area (TPSA) is 69.0 Å². The molecule has 3 aromatic carbocycles. The van der Waals surface area contributed by atoms with Crippen LogP contribution in [-0.4, -0.2) is 26.4 Å². The number of amides is 1. The molecule has 40 heavy (non-hydrogen) atoms. The Hall–Kier alpha value is -3.58. The lowest BCUT2D eigenvalue weighted by atomic mass is 9.84. The van der Waals surface area contributed by atoms with Crippen molar-refractivity contribution in [3.05, 3.63) is 94.8 Å². The van der Waals surface area contributed by atoms with Crippen LogP contribution in [0.2, 0.25) is 0 Å². The molecule has 0 unspecified atom stereocenters. The third-order valence-corrected chi connectivity index (χ3v) is 9.08. The number of hydrogen-bond donors (Lipinski definition) is 1. The van der Waals surface area contributed by atoms with Gasteiger partial charge in [0.1, 0.15) is 12.4 Å². The summed E-state index contributed by atoms with van der Waals surface area (Å²) in [5, 5.41) is 12.6. The van der Waals surface area contributed by atoms with Gasteiger partial charge in [0, 0.05) is 11.4 Å². The van der Waals surface area contributed by atoms with Crippen LogP contribution in [0, 0.1) is 6.92 Å². The molecule has 206 valence electrons. The number of nitrogens with one attached hydrogen (secondary N) is 1. The van der Waals surface area contributed by atoms with Crippen molar-refractivity contribution in [2.45, 2.75) is 76.0 Å². The largest absolute Gasteiger partial charge is 0.485 e. The van der Waals surface area contributed by atoms with Crippen molar-refractivity contribution in [3.63, 3.8) is 0 Å². The van der Waals surface area contributed by atoms with Crippen LogP contribution in [0.15, 0.2) is 71.9 Å². The number of aryl methyl sites for hydroxylation is 1. The van der Waals surface area contributed by atoms with Crippen molar-refractivity contribution in [1.29, 1.82) is 0 Å². The maximum absolute atomic E-state index is 12.9. The Morgan fingerprint density at radius 2 is 1.70 bits per heavy atom. The maximum Gasteiger partial charge on any atom is 0.234 e. The highest BCUT2D eigenvalue weighted by Gasteiger charge is 2.21. The molecule has 2 aliphatic carbocycles. The number of carbonyl (C=O) groups is 1. The van der Waals surface area contributed by atoms with Crippen molar-refractivity contribution in [2.75, 3.05) is 11.1 Å². The molecule has 2 aliphatic rings. The minimum absolute atomic E-state index is 0.0638. The fourth-order valence-corrected chi connectivity index (χ4v) is 6.83. The van der Waals surface area contributed by atoms with Crippen LogP contribution in [0.4, 0.5) is 5.69 Å². The summed E-state index contributed by atoms with van der Waals surface area (Å²) in [5.74, 6) is 2.47. The molecule has 7 heteroatoms. The SMILES string of the molecule is Cc1ccc(OCc2nnc(SCC(=O)Nc3ccc(C4CCCCC4)cc3)n2-c2ccccc2)c2c1CCC2. The van der Waals surface area contributed by atoms with E-state index in [-0.39, 0.29) is 11.7 Å². The predicted octanol–water partition coefficient (Wildman–Crippen LogP) is 7.42. The van der Waals surface area contributed by atoms with E-state index in [9.17, 15) is 4.79 Å². The van der Waals surface area contributed by atoms with E-state index in [1.54, 1.807) is 0 Å². The van der Waals surface area contributed by atoms with E-state index in [1.165, 1.54) is 72.5 Å². The number of para-hydroxylation sites is 1. The van der Waals surface area contributed by atoms with Crippen molar-refractivity contribution in [1.82, 2.24) is 14.8 Å². The Labute approximate surface area is 240 Å². The van der Waals surface area contributed by atoms with Crippen molar-refractivity contribution in [2.24, 2.45) is 0 Å². The number of thioether (sulfide) groups is 1. The zero-order valence-corrected chi connectivity index (χ0v) is 23.9. The second-order valence-corrected chi connectivity index (χ2v) is 11.8. The lowest BCUT2D eigenvalue weighted by Gasteiger charge is -2.22. The van der Waals surface area contributed by atoms with Crippen LogP contribution in [0.3, 0.4) is 0 Å². The summed E-state index contributed by atoms with van der Waals surface area (Å²) >= 11 is 1.38. The van der Waals surface area contributed by atoms with E-state index < -0.39 is 0 Å². The second kappa shape index (κ2) is 12.3. The molecule has 0 spiro atoms. The highest BCUT2D eigenvalue weighted by Crippen LogP contribution is 2.34. The summed E-state index contributed by atoms with van der Waals surface area (Å²) in [4.78, 5) is 12.9. The van der Waals surface area contributed by atoms with E-state index in [1.807, 2.05) is 47.0 Å². The lowest BCUT2D eigenvalue weighted by molar-refractivity contribution is -0.113. The van der Waals surface area contributed by atoms with Crippen molar-refractivity contribution in [3.8, 4) is 11.4 Å². The zero-order valence-electron chi connectivity index (χ0n) is 23.1. The second-order valence-electron chi connectivity index (χ2n) is 10.8. The number of ether oxygens (including phenoxy) is 1. The quantitative estimate of drug-likeness (QED) is 0.219. The van der Waals surface area contributed by atoms with Gasteiger partial charge in [-0.1, -0.05) is 67.4 Å². The summed E-state index contributed by atoms with van der Waals surface area (Å²) in [5.41, 5.74) is 7.24. The molecule has 0 aliphatic heterocycles. The molecular formula is C33H36N4O2S. The molecule has 4 aromatic rings. The first-order valence-electron chi connectivity index (χ1n) is 14.4. The normalized spacial score (nSPS) is 15.1. The minimum atomic E-state index is -0.0638. The Balaban J connectivity index is 1.13. The average molecular weight is 553 g/mol. The molecule has 1 amide bonds. The first-order chi connectivity index (χ1) is 19.7. The van der Waals surface area contributed by atoms with Crippen LogP contribution >= 0.6 is 11.8 Å². The molecule has 1 aromatic heterocycles. The molecule has 0 atom stereocenters. The van der Waals surface area contributed by atoms with Crippen LogP contribution in [0.25, 0.3) is 5.69 Å². The Bertz CT molecular complexity index is 1460. The highest BCUT2D eigenvalue weighted by molar-refractivity contribution is 7.99. The Morgan fingerprint density at radius 3 is 2.50 bits per heavy atom. The number of anilines is 1. The monoisotopic (exact) mass is 552 g/mol. The molecule has 1 heterocycles. The van der Waals surface area contributed by atoms with Gasteiger partial charge in [-0.3, -0.25) is 9.36 Å². The lowest BCUT2D eigenvalue weighted by Crippen LogP contribution is -2.15. The van der Waals surface area contributed by atoms with Gasteiger partial charge in [-0.05, 0) is 97.5 Å². The molecule has 0 radical (unpaired) electrons. The van der Waals surface area contributed by atoms with Crippen LogP contribution in [-0.2, 0) is 24.2 Å². The standard InChI is InChI=1S/C33H36N4O2S/c1-23-15-20-30(29-14-8-13-28(23)29)39-21-31-35-36-33(37(31)27-11-6-3-7-12-27)40-22-32(38)34-26-18-16-25(17-19-26)24-9-4-2-5-10-24/h3,6-7,11-12,15-20,24H,2,4-5,8-10,13-14,21-22H2,1H3,(H,34,38). The van der Waals surface area contributed by atoms with Gasteiger partial charge in [0.2, 0.25) is 5.91 Å². The van der Waals surface area contributed by atoms with E-state index in [0.29, 0.717) is 23.5 Å². The molecule has 6 nitrogen and oxygen atoms in total. The Kier molecular flexibility index (Phi) is 8.19. The zero-order chi connectivity index (χ0) is 27.3. The van der Waals surface area contributed by atoms with E-state index in [4.69, 9.17) is 4.74 Å². The summed E-state index contributed by atoms with van der Waals surface area (Å²) in [6, 6.07) is 22.6. The minimum Gasteiger partial charge on any atom is -0.485 e. The maximum atomic E-state index is 12.9. The third kappa shape index (κ3) is 5.94. The molecule has 0 saturated heterocycles. The van der Waals surface area contributed by atoms with E-state index in [2.05, 4.69) is 46.7 Å². The van der Waals surface area contributed by atoms with Gasteiger partial charge in [0.25, 0.3) is 0 Å². The van der Waals surface area contributed by atoms with Crippen LogP contribution in [0.1, 0.15) is 72.5 Å². The van der Waals surface area contributed by atoms with Gasteiger partial charge in [0.15, 0.2) is 11.0 Å². The number of nitrogens with zero attached hydrogens (tertiary/aromatic N) is 3. The number of rotatable bonds is 9. The highest BCUT2D eigenvalue weighted by atomic mass is 32.2. The number of aromatic nitrogens is 3. The van der Waals surface area contributed by atoms with Crippen LogP contribution in [0.5, 0.6) is 5.75 Å². The van der Waals surface area contributed by atoms with E-state index >= 15 is 0 Å². The fraction of sp³-hybridized carbons (Fsp3) is 0.364. The van der Waals surface area contributed by atoms with Gasteiger partial charge in [-0.25, -0.2) is 0 Å². The Morgan fingerprint density at radius 1 is 0.925 bits per heavy atom. The number of benzene rings is 3. The number of carbonyl (C=O) groups excluding carboxylic acids is 1. The van der Waals surface area contributed by atoms with E-state index in [0.717, 1.165) is 30.0 Å². The fourth-order valence-electron chi connectivity index (χ4n) is 6.06. The summed E-state index contributed by atoms with van der Waals surface area (Å²) in [6.45, 7) is 2.48. The molecule has 1 fully saturated rings. The summed E-state index contributed by atoms with van der Waals surface area (Å²) < 4.78 is 8.30. The predicted molar refractivity (Wildman–Crippen MR) is 161 cm³/mol. The number of fused-ring (bicyclic) bond motifs is 1. The van der Waals surface area contributed by atoms with Crippen molar-refractivity contribution >= 4 is 23.4 Å². The third-order valence-electron chi connectivity index (χ3n) is 8.15. The van der Waals surface area contributed by atoms with Crippen molar-refractivity contribution < 1.29 is 9.53 Å². The van der Waals surface area contributed by atoms with Gasteiger partial charge in [-0.15, -0.1) is 10.2 Å². The first-order valence-corrected chi connectivity index (χ1v) is 15.4. The van der Waals surface area contributed by atoms with Gasteiger partial charge in [0.05, 0.1) is 5.75 Å². The first kappa shape index (κ1) is 26.6. The molecule has 6 rings (SSSR count). The van der Waals surface area contributed by atoms with Gasteiger partial charge in [-0.2, -0.15) is 0 Å². The van der Waals surface area contributed by atoms with Gasteiger partial charge >= 0.3 is 0 Å². The molecule has 1 saturated carbocycles. The smallest absolute Gasteiger partial charge is 0.234 e. The summed E-state index contributed by atoms with van der Waals surface area (Å²) in [7, 11) is 0. The molecule has 0 bridgehead atoms. The average Bonchev–Trinajstić information content (AvgIpc) is 3.65. The number of hydrogen-bond acceptors (Lipinski definition) is 5.